The lowest BCUT2D eigenvalue weighted by atomic mass is 10.0. The molecule has 0 amide bonds. The van der Waals surface area contributed by atoms with E-state index in [1.165, 1.54) is 0 Å². The topological polar surface area (TPSA) is 118 Å². The highest BCUT2D eigenvalue weighted by Crippen LogP contribution is 2.32. The van der Waals surface area contributed by atoms with E-state index in [0.29, 0.717) is 16.7 Å². The van der Waals surface area contributed by atoms with Crippen molar-refractivity contribution in [1.29, 1.82) is 0 Å². The fraction of sp³-hybridized carbons (Fsp3) is 0. The van der Waals surface area contributed by atoms with Gasteiger partial charge in [0.2, 0.25) is 0 Å². The molecular weight excluding hydrogens is 642 g/mol. The number of ether oxygens (including phenoxy) is 3. The molecule has 9 heteroatoms. The molecule has 0 aliphatic heterocycles. The van der Waals surface area contributed by atoms with Gasteiger partial charge in [-0.15, -0.1) is 15.0 Å². The molecule has 1 aromatic heterocycles. The molecule has 7 aromatic rings. The molecule has 0 radical (unpaired) electrons. The molecule has 0 fully saturated rings. The van der Waals surface area contributed by atoms with Crippen LogP contribution in [0.4, 0.5) is 0 Å². The summed E-state index contributed by atoms with van der Waals surface area (Å²) in [5.41, 5.74) is 2.22. The molecule has 0 N–H and O–H groups in total. The number of nitrogens with zero attached hydrogens (tertiary/aromatic N) is 3. The summed E-state index contributed by atoms with van der Waals surface area (Å²) in [5, 5.41) is 0. The zero-order valence-electron chi connectivity index (χ0n) is 26.9. The maximum absolute atomic E-state index is 13.5. The molecule has 0 aliphatic carbocycles. The van der Waals surface area contributed by atoms with E-state index >= 15 is 0 Å². The number of para-hydroxylation sites is 3. The Morgan fingerprint density at radius 3 is 0.824 bits per heavy atom. The van der Waals surface area contributed by atoms with Crippen molar-refractivity contribution in [2.75, 3.05) is 0 Å². The Labute approximate surface area is 292 Å². The molecule has 1 heterocycles. The van der Waals surface area contributed by atoms with Crippen LogP contribution in [0.15, 0.2) is 164 Å². The first-order valence-corrected chi connectivity index (χ1v) is 15.9. The Kier molecular flexibility index (Phi) is 9.42. The first-order chi connectivity index (χ1) is 25.0. The van der Waals surface area contributed by atoms with Crippen LogP contribution in [-0.4, -0.2) is 32.3 Å². The maximum Gasteiger partial charge on any atom is 0.331 e. The van der Waals surface area contributed by atoms with Crippen LogP contribution in [0.25, 0.3) is 0 Å². The molecule has 0 spiro atoms. The molecule has 6 aromatic carbocycles. The Balaban J connectivity index is 1.28. The van der Waals surface area contributed by atoms with E-state index in [-0.39, 0.29) is 69.3 Å². The lowest BCUT2D eigenvalue weighted by molar-refractivity contribution is 0.102. The summed E-state index contributed by atoms with van der Waals surface area (Å²) in [6.07, 6.45) is 0. The number of aromatic nitrogens is 3. The molecule has 0 atom stereocenters. The molecule has 51 heavy (non-hydrogen) atoms. The molecule has 9 nitrogen and oxygen atoms in total. The van der Waals surface area contributed by atoms with Crippen molar-refractivity contribution in [3.8, 4) is 35.3 Å². The summed E-state index contributed by atoms with van der Waals surface area (Å²) < 4.78 is 18.4. The van der Waals surface area contributed by atoms with Crippen LogP contribution < -0.4 is 14.2 Å². The SMILES string of the molecule is O=C(c1ccccc1)c1ccccc1Oc1nc(Oc2ccccc2C(=O)c2ccccc2)nc(Oc2ccccc2C(=O)c2ccccc2)n1. The Bertz CT molecular complexity index is 2070. The first-order valence-electron chi connectivity index (χ1n) is 15.9. The number of rotatable bonds is 12. The van der Waals surface area contributed by atoms with Gasteiger partial charge in [0.25, 0.3) is 0 Å². The number of hydrogen-bond acceptors (Lipinski definition) is 9. The average Bonchev–Trinajstić information content (AvgIpc) is 3.19. The fourth-order valence-electron chi connectivity index (χ4n) is 5.22. The second-order valence-electron chi connectivity index (χ2n) is 11.1. The zero-order valence-corrected chi connectivity index (χ0v) is 26.9. The highest BCUT2D eigenvalue weighted by molar-refractivity contribution is 6.12. The summed E-state index contributed by atoms with van der Waals surface area (Å²) in [4.78, 5) is 53.5. The summed E-state index contributed by atoms with van der Waals surface area (Å²) in [6.45, 7) is 0. The van der Waals surface area contributed by atoms with Gasteiger partial charge in [-0.25, -0.2) is 0 Å². The maximum atomic E-state index is 13.5. The third-order valence-electron chi connectivity index (χ3n) is 7.68. The van der Waals surface area contributed by atoms with E-state index < -0.39 is 0 Å². The minimum Gasteiger partial charge on any atom is -0.423 e. The van der Waals surface area contributed by atoms with E-state index in [2.05, 4.69) is 15.0 Å². The third kappa shape index (κ3) is 7.43. The predicted octanol–water partition coefficient (Wildman–Crippen LogP) is 8.94. The van der Waals surface area contributed by atoms with Crippen molar-refractivity contribution in [2.45, 2.75) is 0 Å². The summed E-state index contributed by atoms with van der Waals surface area (Å²) in [7, 11) is 0. The van der Waals surface area contributed by atoms with Gasteiger partial charge in [-0.05, 0) is 36.4 Å². The fourth-order valence-corrected chi connectivity index (χ4v) is 5.22. The average molecular weight is 670 g/mol. The Morgan fingerprint density at radius 1 is 0.314 bits per heavy atom. The minimum absolute atomic E-state index is 0.175. The lowest BCUT2D eigenvalue weighted by Gasteiger charge is -2.14. The smallest absolute Gasteiger partial charge is 0.331 e. The second-order valence-corrected chi connectivity index (χ2v) is 11.1. The standard InChI is InChI=1S/C42H27N3O6/c46-37(28-16-4-1-5-17-28)31-22-10-13-25-34(31)49-40-43-41(50-35-26-14-11-23-32(35)38(47)29-18-6-2-7-19-29)45-42(44-40)51-36-27-15-12-24-33(36)39(48)30-20-8-3-9-21-30/h1-27H. The van der Waals surface area contributed by atoms with Crippen LogP contribution in [0.1, 0.15) is 47.8 Å². The highest BCUT2D eigenvalue weighted by atomic mass is 16.5. The van der Waals surface area contributed by atoms with Crippen LogP contribution in [0, 0.1) is 0 Å². The number of hydrogen-bond donors (Lipinski definition) is 0. The van der Waals surface area contributed by atoms with Crippen molar-refractivity contribution in [3.05, 3.63) is 197 Å². The van der Waals surface area contributed by atoms with Crippen molar-refractivity contribution >= 4 is 17.3 Å². The monoisotopic (exact) mass is 669 g/mol. The highest BCUT2D eigenvalue weighted by Gasteiger charge is 2.22. The van der Waals surface area contributed by atoms with Crippen molar-refractivity contribution in [1.82, 2.24) is 15.0 Å². The van der Waals surface area contributed by atoms with E-state index in [4.69, 9.17) is 14.2 Å². The van der Waals surface area contributed by atoms with E-state index in [1.54, 1.807) is 146 Å². The molecule has 7 rings (SSSR count). The van der Waals surface area contributed by atoms with E-state index in [1.807, 2.05) is 18.2 Å². The van der Waals surface area contributed by atoms with Crippen LogP contribution in [0.5, 0.6) is 35.3 Å². The van der Waals surface area contributed by atoms with Crippen molar-refractivity contribution in [3.63, 3.8) is 0 Å². The van der Waals surface area contributed by atoms with Crippen LogP contribution in [0.2, 0.25) is 0 Å². The molecule has 0 unspecified atom stereocenters. The molecule has 246 valence electrons. The van der Waals surface area contributed by atoms with Gasteiger partial charge in [-0.3, -0.25) is 14.4 Å². The molecule has 0 saturated heterocycles. The first kappa shape index (κ1) is 32.3. The van der Waals surface area contributed by atoms with Crippen molar-refractivity contribution < 1.29 is 28.6 Å². The van der Waals surface area contributed by atoms with Gasteiger partial charge in [-0.2, -0.15) is 0 Å². The summed E-state index contributed by atoms with van der Waals surface area (Å²) >= 11 is 0. The number of carbonyl (C=O) groups excluding carboxylic acids is 3. The second kappa shape index (κ2) is 14.9. The minimum atomic E-state index is -0.269. The quantitative estimate of drug-likeness (QED) is 0.118. The zero-order chi connectivity index (χ0) is 35.0. The summed E-state index contributed by atoms with van der Waals surface area (Å²) in [5.74, 6) is -0.281. The molecule has 0 aliphatic rings. The molecule has 0 bridgehead atoms. The van der Waals surface area contributed by atoms with Gasteiger partial charge in [0.1, 0.15) is 17.2 Å². The largest absolute Gasteiger partial charge is 0.423 e. The number of benzene rings is 6. The normalized spacial score (nSPS) is 10.6. The number of ketones is 3. The Hall–Kier alpha value is -7.26. The van der Waals surface area contributed by atoms with Crippen molar-refractivity contribution in [2.24, 2.45) is 0 Å². The van der Waals surface area contributed by atoms with Gasteiger partial charge in [0, 0.05) is 16.7 Å². The van der Waals surface area contributed by atoms with Crippen LogP contribution >= 0.6 is 0 Å². The van der Waals surface area contributed by atoms with Gasteiger partial charge in [0.05, 0.1) is 16.7 Å². The van der Waals surface area contributed by atoms with Gasteiger partial charge in [0.15, 0.2) is 17.3 Å². The van der Waals surface area contributed by atoms with E-state index in [9.17, 15) is 14.4 Å². The van der Waals surface area contributed by atoms with Crippen LogP contribution in [0.3, 0.4) is 0 Å². The number of carbonyl (C=O) groups is 3. The molecule has 0 saturated carbocycles. The lowest BCUT2D eigenvalue weighted by Crippen LogP contribution is -2.08. The molecular formula is C42H27N3O6. The van der Waals surface area contributed by atoms with Crippen LogP contribution in [-0.2, 0) is 0 Å². The van der Waals surface area contributed by atoms with Gasteiger partial charge < -0.3 is 14.2 Å². The van der Waals surface area contributed by atoms with Gasteiger partial charge in [-0.1, -0.05) is 127 Å². The third-order valence-corrected chi connectivity index (χ3v) is 7.68. The summed E-state index contributed by atoms with van der Waals surface area (Å²) in [6, 6.07) is 45.7. The van der Waals surface area contributed by atoms with Gasteiger partial charge >= 0.3 is 18.0 Å². The Morgan fingerprint density at radius 2 is 0.549 bits per heavy atom. The van der Waals surface area contributed by atoms with E-state index in [0.717, 1.165) is 0 Å². The predicted molar refractivity (Wildman–Crippen MR) is 189 cm³/mol.